The molecule has 0 saturated heterocycles. The number of aromatic nitrogens is 2. The molecule has 2 N–H and O–H groups in total. The van der Waals surface area contributed by atoms with Crippen molar-refractivity contribution in [2.75, 3.05) is 5.43 Å². The van der Waals surface area contributed by atoms with E-state index in [9.17, 15) is 5.11 Å². The first-order valence-corrected chi connectivity index (χ1v) is 8.64. The SMILES string of the molecule is OCc1cccc(/C=N/Nc2nc3ccccc3nc2-c2ccccc2)c1. The first-order valence-electron chi connectivity index (χ1n) is 8.64. The van der Waals surface area contributed by atoms with E-state index in [1.165, 1.54) is 0 Å². The van der Waals surface area contributed by atoms with Gasteiger partial charge in [0.15, 0.2) is 5.82 Å². The van der Waals surface area contributed by atoms with Crippen molar-refractivity contribution in [1.82, 2.24) is 9.97 Å². The lowest BCUT2D eigenvalue weighted by atomic mass is 10.1. The zero-order chi connectivity index (χ0) is 18.5. The Morgan fingerprint density at radius 1 is 0.852 bits per heavy atom. The van der Waals surface area contributed by atoms with Gasteiger partial charge in [-0.1, -0.05) is 60.7 Å². The van der Waals surface area contributed by atoms with E-state index in [1.807, 2.05) is 78.9 Å². The zero-order valence-electron chi connectivity index (χ0n) is 14.6. The third-order valence-corrected chi connectivity index (χ3v) is 4.14. The van der Waals surface area contributed by atoms with Crippen LogP contribution in [-0.2, 0) is 6.61 Å². The summed E-state index contributed by atoms with van der Waals surface area (Å²) >= 11 is 0. The molecule has 0 amide bonds. The molecule has 4 aromatic rings. The van der Waals surface area contributed by atoms with Gasteiger partial charge in [-0.05, 0) is 29.3 Å². The van der Waals surface area contributed by atoms with Crippen LogP contribution >= 0.6 is 0 Å². The van der Waals surface area contributed by atoms with Crippen molar-refractivity contribution in [3.05, 3.63) is 90.0 Å². The van der Waals surface area contributed by atoms with Gasteiger partial charge in [-0.15, -0.1) is 0 Å². The molecular formula is C22H18N4O. The Balaban J connectivity index is 1.70. The highest BCUT2D eigenvalue weighted by atomic mass is 16.3. The van der Waals surface area contributed by atoms with Crippen molar-refractivity contribution in [2.24, 2.45) is 5.10 Å². The van der Waals surface area contributed by atoms with E-state index in [4.69, 9.17) is 4.98 Å². The standard InChI is InChI=1S/C22H18N4O/c27-15-17-8-6-7-16(13-17)14-23-26-22-21(18-9-2-1-3-10-18)24-19-11-4-5-12-20(19)25-22/h1-14,27H,15H2,(H,25,26)/b23-14+. The van der Waals surface area contributed by atoms with Gasteiger partial charge in [0.25, 0.3) is 0 Å². The summed E-state index contributed by atoms with van der Waals surface area (Å²) in [6, 6.07) is 25.2. The average molecular weight is 354 g/mol. The van der Waals surface area contributed by atoms with Gasteiger partial charge < -0.3 is 5.11 Å². The predicted octanol–water partition coefficient (Wildman–Crippen LogP) is 4.24. The van der Waals surface area contributed by atoms with Crippen molar-refractivity contribution >= 4 is 23.1 Å². The average Bonchev–Trinajstić information content (AvgIpc) is 2.74. The lowest BCUT2D eigenvalue weighted by molar-refractivity contribution is 0.282. The van der Waals surface area contributed by atoms with Crippen LogP contribution in [0.2, 0.25) is 0 Å². The van der Waals surface area contributed by atoms with Crippen LogP contribution in [0.25, 0.3) is 22.3 Å². The minimum Gasteiger partial charge on any atom is -0.392 e. The molecule has 3 aromatic carbocycles. The van der Waals surface area contributed by atoms with Gasteiger partial charge in [-0.2, -0.15) is 5.10 Å². The summed E-state index contributed by atoms with van der Waals surface area (Å²) in [6.45, 7) is 0.00339. The van der Waals surface area contributed by atoms with E-state index in [0.29, 0.717) is 5.82 Å². The maximum Gasteiger partial charge on any atom is 0.173 e. The highest BCUT2D eigenvalue weighted by molar-refractivity contribution is 5.84. The lowest BCUT2D eigenvalue weighted by Crippen LogP contribution is -2.00. The van der Waals surface area contributed by atoms with E-state index in [-0.39, 0.29) is 6.61 Å². The number of nitrogens with zero attached hydrogens (tertiary/aromatic N) is 3. The third-order valence-electron chi connectivity index (χ3n) is 4.14. The maximum absolute atomic E-state index is 9.25. The number of fused-ring (bicyclic) bond motifs is 1. The van der Waals surface area contributed by atoms with Gasteiger partial charge in [0.05, 0.1) is 23.9 Å². The Hall–Kier alpha value is -3.57. The Kier molecular flexibility index (Phi) is 4.85. The fourth-order valence-electron chi connectivity index (χ4n) is 2.82. The van der Waals surface area contributed by atoms with Crippen LogP contribution in [0.1, 0.15) is 11.1 Å². The molecule has 0 saturated carbocycles. The van der Waals surface area contributed by atoms with Gasteiger partial charge in [0.2, 0.25) is 0 Å². The van der Waals surface area contributed by atoms with Crippen molar-refractivity contribution in [3.63, 3.8) is 0 Å². The molecule has 0 spiro atoms. The minimum atomic E-state index is 0.00339. The molecule has 5 heteroatoms. The molecule has 1 heterocycles. The molecule has 0 fully saturated rings. The van der Waals surface area contributed by atoms with E-state index < -0.39 is 0 Å². The number of anilines is 1. The summed E-state index contributed by atoms with van der Waals surface area (Å²) in [7, 11) is 0. The quantitative estimate of drug-likeness (QED) is 0.415. The number of benzene rings is 3. The zero-order valence-corrected chi connectivity index (χ0v) is 14.6. The Morgan fingerprint density at radius 2 is 1.59 bits per heavy atom. The number of hydrogen-bond donors (Lipinski definition) is 2. The highest BCUT2D eigenvalue weighted by Crippen LogP contribution is 2.26. The van der Waals surface area contributed by atoms with Crippen LogP contribution in [0.4, 0.5) is 5.82 Å². The number of hydrogen-bond acceptors (Lipinski definition) is 5. The number of para-hydroxylation sites is 2. The van der Waals surface area contributed by atoms with Gasteiger partial charge in [-0.25, -0.2) is 9.97 Å². The van der Waals surface area contributed by atoms with Gasteiger partial charge in [-0.3, -0.25) is 5.43 Å². The maximum atomic E-state index is 9.25. The van der Waals surface area contributed by atoms with Crippen LogP contribution in [0.15, 0.2) is 84.0 Å². The Morgan fingerprint density at radius 3 is 2.37 bits per heavy atom. The second kappa shape index (κ2) is 7.76. The second-order valence-electron chi connectivity index (χ2n) is 6.05. The smallest absolute Gasteiger partial charge is 0.173 e. The number of aliphatic hydroxyl groups is 1. The topological polar surface area (TPSA) is 70.4 Å². The second-order valence-corrected chi connectivity index (χ2v) is 6.05. The number of hydrazone groups is 1. The molecule has 27 heavy (non-hydrogen) atoms. The van der Waals surface area contributed by atoms with Gasteiger partial charge in [0.1, 0.15) is 5.69 Å². The minimum absolute atomic E-state index is 0.00339. The lowest BCUT2D eigenvalue weighted by Gasteiger charge is -2.09. The number of nitrogens with one attached hydrogen (secondary N) is 1. The molecule has 5 nitrogen and oxygen atoms in total. The molecule has 0 atom stereocenters. The largest absolute Gasteiger partial charge is 0.392 e. The Labute approximate surface area is 157 Å². The summed E-state index contributed by atoms with van der Waals surface area (Å²) in [6.07, 6.45) is 1.70. The normalized spacial score (nSPS) is 11.1. The highest BCUT2D eigenvalue weighted by Gasteiger charge is 2.10. The first kappa shape index (κ1) is 16.9. The summed E-state index contributed by atoms with van der Waals surface area (Å²) in [4.78, 5) is 9.46. The van der Waals surface area contributed by atoms with Gasteiger partial charge in [0, 0.05) is 5.56 Å². The summed E-state index contributed by atoms with van der Waals surface area (Å²) in [5.41, 5.74) is 8.11. The van der Waals surface area contributed by atoms with Crippen molar-refractivity contribution in [2.45, 2.75) is 6.61 Å². The first-order chi connectivity index (χ1) is 13.3. The number of rotatable bonds is 5. The van der Waals surface area contributed by atoms with Crippen LogP contribution in [0.3, 0.4) is 0 Å². The van der Waals surface area contributed by atoms with E-state index in [1.54, 1.807) is 6.21 Å². The van der Waals surface area contributed by atoms with Crippen molar-refractivity contribution in [3.8, 4) is 11.3 Å². The van der Waals surface area contributed by atoms with Crippen LogP contribution < -0.4 is 5.43 Å². The van der Waals surface area contributed by atoms with E-state index >= 15 is 0 Å². The molecule has 0 aliphatic heterocycles. The van der Waals surface area contributed by atoms with Crippen LogP contribution in [0, 0.1) is 0 Å². The fraction of sp³-hybridized carbons (Fsp3) is 0.0455. The summed E-state index contributed by atoms with van der Waals surface area (Å²) in [5.74, 6) is 0.592. The molecular weight excluding hydrogens is 336 g/mol. The molecule has 0 unspecified atom stereocenters. The van der Waals surface area contributed by atoms with E-state index in [2.05, 4.69) is 15.5 Å². The molecule has 0 radical (unpaired) electrons. The van der Waals surface area contributed by atoms with Crippen LogP contribution in [-0.4, -0.2) is 21.3 Å². The predicted molar refractivity (Wildman–Crippen MR) is 109 cm³/mol. The summed E-state index contributed by atoms with van der Waals surface area (Å²) in [5, 5.41) is 13.6. The van der Waals surface area contributed by atoms with Gasteiger partial charge >= 0.3 is 0 Å². The molecule has 0 aliphatic rings. The third kappa shape index (κ3) is 3.83. The van der Waals surface area contributed by atoms with E-state index in [0.717, 1.165) is 33.4 Å². The molecule has 0 aliphatic carbocycles. The molecule has 0 bridgehead atoms. The molecule has 4 rings (SSSR count). The van der Waals surface area contributed by atoms with Crippen molar-refractivity contribution in [1.29, 1.82) is 0 Å². The fourth-order valence-corrected chi connectivity index (χ4v) is 2.82. The summed E-state index contributed by atoms with van der Waals surface area (Å²) < 4.78 is 0. The van der Waals surface area contributed by atoms with Crippen LogP contribution in [0.5, 0.6) is 0 Å². The monoisotopic (exact) mass is 354 g/mol. The molecule has 1 aromatic heterocycles. The molecule has 132 valence electrons. The van der Waals surface area contributed by atoms with Crippen molar-refractivity contribution < 1.29 is 5.11 Å². The Bertz CT molecular complexity index is 1090. The number of aliphatic hydroxyl groups excluding tert-OH is 1.